The summed E-state index contributed by atoms with van der Waals surface area (Å²) in [5.74, 6) is -4.74. The summed E-state index contributed by atoms with van der Waals surface area (Å²) in [6.45, 7) is 0.182. The monoisotopic (exact) mass is 652 g/mol. The highest BCUT2D eigenvalue weighted by Gasteiger charge is 2.75. The summed E-state index contributed by atoms with van der Waals surface area (Å²) in [4.78, 5) is 53.8. The van der Waals surface area contributed by atoms with Crippen molar-refractivity contribution >= 4 is 74.1 Å². The number of likely N-dealkylation sites (tertiary alicyclic amines) is 2. The highest BCUT2D eigenvalue weighted by atomic mass is 79.9. The van der Waals surface area contributed by atoms with Gasteiger partial charge in [0.2, 0.25) is 11.8 Å². The Balaban J connectivity index is 1.51. The lowest BCUT2D eigenvalue weighted by atomic mass is 9.56. The third-order valence-corrected chi connectivity index (χ3v) is 11.5. The van der Waals surface area contributed by atoms with E-state index in [-0.39, 0.29) is 42.7 Å². The number of allylic oxidation sites excluding steroid dienone is 2. The van der Waals surface area contributed by atoms with Crippen LogP contribution in [0.1, 0.15) is 29.2 Å². The maximum absolute atomic E-state index is 13.8. The van der Waals surface area contributed by atoms with Gasteiger partial charge in [-0.3, -0.25) is 29.0 Å². The molecule has 12 heteroatoms. The van der Waals surface area contributed by atoms with E-state index in [9.17, 15) is 24.3 Å². The normalized spacial score (nSPS) is 33.7. The molecule has 2 aromatic rings. The molecule has 4 aliphatic rings. The number of imide groups is 2. The lowest BCUT2D eigenvalue weighted by Gasteiger charge is -2.50. The number of rotatable bonds is 4. The maximum atomic E-state index is 13.8. The number of amides is 4. The standard InChI is InChI=1S/C27H23BrCl2N2O6S/c1-31-24(36)26(29)10-16-14(5-6-15-19(16)23(35)32(22(15)34)11-13-4-3-7-39-13)20(27(26,30)25(31)37)12-8-17(28)21(33)18(9-12)38-2/h3-5,7-9,15-16,19-20,33H,6,10-11H2,1-2H3/t15-,16+,19-,20-,26+,27-/m0/s1. The van der Waals surface area contributed by atoms with Gasteiger partial charge in [0.25, 0.3) is 11.8 Å². The van der Waals surface area contributed by atoms with Gasteiger partial charge in [0.1, 0.15) is 0 Å². The predicted molar refractivity (Wildman–Crippen MR) is 148 cm³/mol. The Morgan fingerprint density at radius 2 is 1.90 bits per heavy atom. The van der Waals surface area contributed by atoms with Gasteiger partial charge < -0.3 is 9.84 Å². The minimum Gasteiger partial charge on any atom is -0.503 e. The molecular weight excluding hydrogens is 631 g/mol. The third kappa shape index (κ3) is 3.47. The van der Waals surface area contributed by atoms with Crippen molar-refractivity contribution in [1.82, 2.24) is 9.80 Å². The van der Waals surface area contributed by atoms with Crippen LogP contribution in [0.3, 0.4) is 0 Å². The van der Waals surface area contributed by atoms with Crippen LogP contribution in [0.15, 0.2) is 45.8 Å². The molecule has 0 spiro atoms. The molecule has 0 bridgehead atoms. The summed E-state index contributed by atoms with van der Waals surface area (Å²) in [6, 6.07) is 6.91. The fourth-order valence-corrected chi connectivity index (χ4v) is 8.99. The number of methoxy groups -OCH3 is 1. The predicted octanol–water partition coefficient (Wildman–Crippen LogP) is 4.41. The van der Waals surface area contributed by atoms with Crippen LogP contribution < -0.4 is 4.74 Å². The number of benzene rings is 1. The van der Waals surface area contributed by atoms with E-state index in [0.29, 0.717) is 15.6 Å². The SMILES string of the molecule is COc1cc([C@H]2C3=CC[C@@H]4C(=O)N(Cc5cccs5)C(=O)[C@@H]4[C@@H]3C[C@@]3(Cl)C(=O)N(C)C(=O)[C@@]23Cl)cc(Br)c1O. The molecule has 204 valence electrons. The number of aromatic hydroxyl groups is 1. The summed E-state index contributed by atoms with van der Waals surface area (Å²) in [5.41, 5.74) is 1.16. The van der Waals surface area contributed by atoms with Crippen LogP contribution in [-0.4, -0.2) is 62.4 Å². The molecule has 3 fully saturated rings. The molecule has 6 atom stereocenters. The Labute approximate surface area is 246 Å². The van der Waals surface area contributed by atoms with E-state index in [0.717, 1.165) is 9.78 Å². The van der Waals surface area contributed by atoms with Crippen molar-refractivity contribution in [2.45, 2.75) is 35.1 Å². The Morgan fingerprint density at radius 1 is 1.15 bits per heavy atom. The average Bonchev–Trinajstić information content (AvgIpc) is 3.55. The van der Waals surface area contributed by atoms with E-state index in [1.807, 2.05) is 23.6 Å². The molecule has 0 unspecified atom stereocenters. The number of alkyl halides is 2. The van der Waals surface area contributed by atoms with Gasteiger partial charge in [0.15, 0.2) is 21.2 Å². The Hall–Kier alpha value is -2.40. The molecule has 2 aliphatic carbocycles. The lowest BCUT2D eigenvalue weighted by molar-refractivity contribution is -0.141. The fourth-order valence-electron chi connectivity index (χ4n) is 6.81. The van der Waals surface area contributed by atoms with Crippen LogP contribution in [0.5, 0.6) is 11.5 Å². The second-order valence-corrected chi connectivity index (χ2v) is 13.5. The van der Waals surface area contributed by atoms with Crippen molar-refractivity contribution in [2.24, 2.45) is 17.8 Å². The zero-order valence-corrected chi connectivity index (χ0v) is 24.7. The molecule has 2 saturated heterocycles. The zero-order valence-electron chi connectivity index (χ0n) is 20.8. The van der Waals surface area contributed by atoms with Crippen LogP contribution in [0, 0.1) is 17.8 Å². The first-order valence-electron chi connectivity index (χ1n) is 12.3. The van der Waals surface area contributed by atoms with Crippen LogP contribution in [0.25, 0.3) is 0 Å². The summed E-state index contributed by atoms with van der Waals surface area (Å²) in [5, 5.41) is 12.3. The summed E-state index contributed by atoms with van der Waals surface area (Å²) >= 11 is 19.2. The minimum atomic E-state index is -1.90. The van der Waals surface area contributed by atoms with E-state index in [1.165, 1.54) is 30.4 Å². The van der Waals surface area contributed by atoms with E-state index in [2.05, 4.69) is 15.9 Å². The van der Waals surface area contributed by atoms with Crippen molar-refractivity contribution in [3.05, 3.63) is 56.2 Å². The number of thiophene rings is 1. The molecule has 1 aromatic carbocycles. The van der Waals surface area contributed by atoms with Gasteiger partial charge in [-0.05, 0) is 63.8 Å². The highest BCUT2D eigenvalue weighted by Crippen LogP contribution is 2.65. The van der Waals surface area contributed by atoms with Gasteiger partial charge in [-0.1, -0.05) is 17.7 Å². The van der Waals surface area contributed by atoms with Gasteiger partial charge in [-0.25, -0.2) is 0 Å². The molecule has 1 saturated carbocycles. The van der Waals surface area contributed by atoms with Crippen molar-refractivity contribution < 1.29 is 29.0 Å². The second kappa shape index (κ2) is 9.06. The molecule has 3 heterocycles. The second-order valence-electron chi connectivity index (χ2n) is 10.4. The number of carbonyl (C=O) groups is 4. The minimum absolute atomic E-state index is 0.0707. The van der Waals surface area contributed by atoms with Crippen LogP contribution in [0.2, 0.25) is 0 Å². The van der Waals surface area contributed by atoms with Crippen molar-refractivity contribution in [3.8, 4) is 11.5 Å². The molecule has 1 N–H and O–H groups in total. The Bertz CT molecular complexity index is 1480. The van der Waals surface area contributed by atoms with E-state index in [4.69, 9.17) is 27.9 Å². The quantitative estimate of drug-likeness (QED) is 0.298. The number of hydrogen-bond acceptors (Lipinski definition) is 7. The van der Waals surface area contributed by atoms with Crippen LogP contribution >= 0.6 is 50.5 Å². The maximum Gasteiger partial charge on any atom is 0.253 e. The number of phenols is 1. The first-order valence-corrected chi connectivity index (χ1v) is 14.7. The molecule has 6 rings (SSSR count). The average molecular weight is 654 g/mol. The smallest absolute Gasteiger partial charge is 0.253 e. The molecule has 4 amide bonds. The molecule has 0 radical (unpaired) electrons. The van der Waals surface area contributed by atoms with Gasteiger partial charge in [0.05, 0.1) is 30.0 Å². The van der Waals surface area contributed by atoms with Crippen molar-refractivity contribution in [1.29, 1.82) is 0 Å². The van der Waals surface area contributed by atoms with E-state index < -0.39 is 45.2 Å². The number of halogens is 3. The number of hydrogen-bond donors (Lipinski definition) is 1. The molecular formula is C27H23BrCl2N2O6S. The molecule has 2 aliphatic heterocycles. The van der Waals surface area contributed by atoms with Crippen molar-refractivity contribution in [2.75, 3.05) is 14.2 Å². The first kappa shape index (κ1) is 26.8. The first-order chi connectivity index (χ1) is 18.5. The van der Waals surface area contributed by atoms with Crippen LogP contribution in [-0.2, 0) is 25.7 Å². The topological polar surface area (TPSA) is 104 Å². The number of fused-ring (bicyclic) bond motifs is 4. The van der Waals surface area contributed by atoms with Gasteiger partial charge >= 0.3 is 0 Å². The lowest BCUT2D eigenvalue weighted by Crippen LogP contribution is -2.60. The molecule has 8 nitrogen and oxygen atoms in total. The number of carbonyl (C=O) groups excluding carboxylic acids is 4. The fraction of sp³-hybridized carbons (Fsp3) is 0.407. The zero-order chi connectivity index (χ0) is 28.0. The Morgan fingerprint density at radius 3 is 2.56 bits per heavy atom. The summed E-state index contributed by atoms with van der Waals surface area (Å²) < 4.78 is 5.65. The van der Waals surface area contributed by atoms with Crippen LogP contribution in [0.4, 0.5) is 0 Å². The van der Waals surface area contributed by atoms with E-state index >= 15 is 0 Å². The van der Waals surface area contributed by atoms with Crippen molar-refractivity contribution in [3.63, 3.8) is 0 Å². The third-order valence-electron chi connectivity index (χ3n) is 8.60. The highest BCUT2D eigenvalue weighted by molar-refractivity contribution is 9.10. The number of ether oxygens (including phenoxy) is 1. The number of phenolic OH excluding ortho intramolecular Hbond substituents is 1. The molecule has 39 heavy (non-hydrogen) atoms. The van der Waals surface area contributed by atoms with Gasteiger partial charge in [-0.2, -0.15) is 0 Å². The van der Waals surface area contributed by atoms with Gasteiger partial charge in [0, 0.05) is 17.8 Å². The Kier molecular flexibility index (Phi) is 6.22. The van der Waals surface area contributed by atoms with Gasteiger partial charge in [-0.15, -0.1) is 34.5 Å². The summed E-state index contributed by atoms with van der Waals surface area (Å²) in [7, 11) is 2.74. The summed E-state index contributed by atoms with van der Waals surface area (Å²) in [6.07, 6.45) is 2.09. The number of nitrogens with zero attached hydrogens (tertiary/aromatic N) is 2. The largest absolute Gasteiger partial charge is 0.503 e. The van der Waals surface area contributed by atoms with E-state index in [1.54, 1.807) is 12.1 Å². The molecule has 1 aromatic heterocycles.